The predicted molar refractivity (Wildman–Crippen MR) is 112 cm³/mol. The molecular formula is C21H26ClN6O+. The first-order valence-electron chi connectivity index (χ1n) is 10.2. The lowest BCUT2D eigenvalue weighted by Gasteiger charge is -2.34. The minimum atomic E-state index is 0.105. The first-order chi connectivity index (χ1) is 14.2. The molecule has 7 nitrogen and oxygen atoms in total. The van der Waals surface area contributed by atoms with Crippen LogP contribution in [0, 0.1) is 11.3 Å². The molecule has 2 aliphatic heterocycles. The van der Waals surface area contributed by atoms with Gasteiger partial charge in [-0.25, -0.2) is 0 Å². The first-order valence-corrected chi connectivity index (χ1v) is 10.6. The number of nitrogens with zero attached hydrogens (tertiary/aromatic N) is 5. The van der Waals surface area contributed by atoms with Gasteiger partial charge >= 0.3 is 0 Å². The quantitative estimate of drug-likeness (QED) is 0.590. The number of hydrogen-bond donors (Lipinski definition) is 2. The molecule has 8 heteroatoms. The SMILES string of the molecule is N#C/C(=C(/O)C[NH+]1CCN(c2ccccc2Cl)CC1)c1nnc2n1CCCCC2. The van der Waals surface area contributed by atoms with E-state index in [4.69, 9.17) is 11.6 Å². The molecule has 2 N–H and O–H groups in total. The van der Waals surface area contributed by atoms with Crippen molar-refractivity contribution in [2.75, 3.05) is 37.6 Å². The van der Waals surface area contributed by atoms with Crippen LogP contribution in [-0.2, 0) is 13.0 Å². The highest BCUT2D eigenvalue weighted by molar-refractivity contribution is 6.33. The lowest BCUT2D eigenvalue weighted by atomic mass is 10.2. The van der Waals surface area contributed by atoms with Gasteiger partial charge in [-0.1, -0.05) is 30.2 Å². The topological polar surface area (TPSA) is 82.4 Å². The number of aromatic nitrogens is 3. The molecule has 0 spiro atoms. The van der Waals surface area contributed by atoms with Gasteiger partial charge < -0.3 is 19.5 Å². The highest BCUT2D eigenvalue weighted by Crippen LogP contribution is 2.25. The summed E-state index contributed by atoms with van der Waals surface area (Å²) >= 11 is 6.32. The number of para-hydroxylation sites is 1. The number of aliphatic hydroxyl groups is 1. The third-order valence-corrected chi connectivity index (χ3v) is 6.13. The van der Waals surface area contributed by atoms with Gasteiger partial charge in [-0.05, 0) is 25.0 Å². The molecule has 2 aromatic rings. The molecule has 0 atom stereocenters. The largest absolute Gasteiger partial charge is 0.506 e. The lowest BCUT2D eigenvalue weighted by molar-refractivity contribution is -0.897. The normalized spacial score (nSPS) is 18.6. The van der Waals surface area contributed by atoms with Crippen molar-refractivity contribution >= 4 is 22.9 Å². The molecule has 0 radical (unpaired) electrons. The molecule has 0 aliphatic carbocycles. The summed E-state index contributed by atoms with van der Waals surface area (Å²) in [5.41, 5.74) is 1.31. The lowest BCUT2D eigenvalue weighted by Crippen LogP contribution is -3.15. The van der Waals surface area contributed by atoms with Crippen LogP contribution in [0.1, 0.15) is 30.9 Å². The van der Waals surface area contributed by atoms with Crippen LogP contribution in [0.4, 0.5) is 5.69 Å². The number of allylic oxidation sites excluding steroid dienone is 1. The number of halogens is 1. The standard InChI is InChI=1S/C21H25ClN6O/c22-17-6-3-4-7-18(17)27-12-10-26(11-13-27)15-19(29)16(14-23)21-25-24-20-8-2-1-5-9-28(20)21/h3-4,6-7,29H,1-2,5,8-13,15H2/p+1/b19-16-. The summed E-state index contributed by atoms with van der Waals surface area (Å²) in [6.07, 6.45) is 4.17. The molecule has 0 bridgehead atoms. The number of piperazine rings is 1. The molecule has 1 aromatic heterocycles. The Hall–Kier alpha value is -2.56. The second kappa shape index (κ2) is 8.85. The monoisotopic (exact) mass is 413 g/mol. The molecule has 1 aromatic carbocycles. The van der Waals surface area contributed by atoms with Crippen molar-refractivity contribution in [3.63, 3.8) is 0 Å². The summed E-state index contributed by atoms with van der Waals surface area (Å²) in [5, 5.41) is 29.7. The maximum atomic E-state index is 10.8. The Bertz CT molecular complexity index is 939. The fraction of sp³-hybridized carbons (Fsp3) is 0.476. The Morgan fingerprint density at radius 1 is 1.14 bits per heavy atom. The van der Waals surface area contributed by atoms with Crippen LogP contribution in [-0.4, -0.2) is 52.6 Å². The van der Waals surface area contributed by atoms with Crippen molar-refractivity contribution in [1.82, 2.24) is 14.8 Å². The number of aryl methyl sites for hydroxylation is 1. The van der Waals surface area contributed by atoms with Gasteiger partial charge in [0.15, 0.2) is 11.6 Å². The Balaban J connectivity index is 1.45. The van der Waals surface area contributed by atoms with Crippen molar-refractivity contribution < 1.29 is 10.0 Å². The van der Waals surface area contributed by atoms with Gasteiger partial charge in [0.2, 0.25) is 0 Å². The average Bonchev–Trinajstić information content (AvgIpc) is 2.97. The van der Waals surface area contributed by atoms with E-state index in [0.29, 0.717) is 12.4 Å². The van der Waals surface area contributed by atoms with Gasteiger partial charge in [0, 0.05) is 13.0 Å². The molecular weight excluding hydrogens is 388 g/mol. The summed E-state index contributed by atoms with van der Waals surface area (Å²) < 4.78 is 2.01. The number of aliphatic hydroxyl groups excluding tert-OH is 1. The molecule has 2 aliphatic rings. The van der Waals surface area contributed by atoms with E-state index in [9.17, 15) is 10.4 Å². The van der Waals surface area contributed by atoms with Crippen LogP contribution >= 0.6 is 11.6 Å². The van der Waals surface area contributed by atoms with Crippen LogP contribution in [0.5, 0.6) is 0 Å². The van der Waals surface area contributed by atoms with Crippen molar-refractivity contribution in [1.29, 1.82) is 5.26 Å². The molecule has 3 heterocycles. The molecule has 152 valence electrons. The van der Waals surface area contributed by atoms with Crippen LogP contribution in [0.15, 0.2) is 30.0 Å². The molecule has 0 amide bonds. The Kier molecular flexibility index (Phi) is 6.02. The summed E-state index contributed by atoms with van der Waals surface area (Å²) in [7, 11) is 0. The van der Waals surface area contributed by atoms with E-state index in [1.165, 1.54) is 4.90 Å². The maximum Gasteiger partial charge on any atom is 0.178 e. The number of benzene rings is 1. The number of rotatable bonds is 4. The summed E-state index contributed by atoms with van der Waals surface area (Å²) in [6.45, 7) is 4.67. The highest BCUT2D eigenvalue weighted by Gasteiger charge is 2.26. The average molecular weight is 414 g/mol. The number of nitrogens with one attached hydrogen (secondary N) is 1. The van der Waals surface area contributed by atoms with E-state index >= 15 is 0 Å². The van der Waals surface area contributed by atoms with Crippen molar-refractivity contribution in [2.24, 2.45) is 0 Å². The van der Waals surface area contributed by atoms with Gasteiger partial charge in [0.1, 0.15) is 24.0 Å². The zero-order valence-electron chi connectivity index (χ0n) is 16.4. The van der Waals surface area contributed by atoms with E-state index in [1.54, 1.807) is 0 Å². The molecule has 29 heavy (non-hydrogen) atoms. The minimum Gasteiger partial charge on any atom is -0.506 e. The summed E-state index contributed by atoms with van der Waals surface area (Å²) in [4.78, 5) is 3.52. The Morgan fingerprint density at radius 3 is 2.69 bits per heavy atom. The maximum absolute atomic E-state index is 10.8. The van der Waals surface area contributed by atoms with E-state index in [-0.39, 0.29) is 11.3 Å². The van der Waals surface area contributed by atoms with Gasteiger partial charge in [-0.2, -0.15) is 5.26 Å². The molecule has 1 fully saturated rings. The van der Waals surface area contributed by atoms with Crippen molar-refractivity contribution in [2.45, 2.75) is 32.2 Å². The third-order valence-electron chi connectivity index (χ3n) is 5.81. The van der Waals surface area contributed by atoms with E-state index in [1.807, 2.05) is 28.8 Å². The van der Waals surface area contributed by atoms with Crippen molar-refractivity contribution in [3.05, 3.63) is 46.7 Å². The second-order valence-corrected chi connectivity index (χ2v) is 8.11. The van der Waals surface area contributed by atoms with Crippen LogP contribution in [0.2, 0.25) is 5.02 Å². The van der Waals surface area contributed by atoms with Crippen LogP contribution in [0.3, 0.4) is 0 Å². The van der Waals surface area contributed by atoms with Gasteiger partial charge in [-0.3, -0.25) is 0 Å². The number of nitriles is 1. The molecule has 1 saturated heterocycles. The Labute approximate surface area is 175 Å². The van der Waals surface area contributed by atoms with Crippen LogP contribution < -0.4 is 9.80 Å². The van der Waals surface area contributed by atoms with Crippen molar-refractivity contribution in [3.8, 4) is 6.07 Å². The number of fused-ring (bicyclic) bond motifs is 1. The molecule has 0 unspecified atom stereocenters. The summed E-state index contributed by atoms with van der Waals surface area (Å²) in [5.74, 6) is 1.53. The Morgan fingerprint density at radius 2 is 1.93 bits per heavy atom. The van der Waals surface area contributed by atoms with E-state index in [0.717, 1.165) is 74.9 Å². The fourth-order valence-corrected chi connectivity index (χ4v) is 4.44. The second-order valence-electron chi connectivity index (χ2n) is 7.70. The number of quaternary nitrogens is 1. The van der Waals surface area contributed by atoms with Gasteiger partial charge in [0.25, 0.3) is 0 Å². The van der Waals surface area contributed by atoms with Gasteiger partial charge in [-0.15, -0.1) is 10.2 Å². The highest BCUT2D eigenvalue weighted by atomic mass is 35.5. The zero-order chi connectivity index (χ0) is 20.2. The fourth-order valence-electron chi connectivity index (χ4n) is 4.19. The minimum absolute atomic E-state index is 0.105. The number of anilines is 1. The van der Waals surface area contributed by atoms with E-state index < -0.39 is 0 Å². The molecule has 0 saturated carbocycles. The van der Waals surface area contributed by atoms with Gasteiger partial charge in [0.05, 0.1) is 36.9 Å². The predicted octanol–water partition coefficient (Wildman–Crippen LogP) is 1.86. The number of hydrogen-bond acceptors (Lipinski definition) is 5. The summed E-state index contributed by atoms with van der Waals surface area (Å²) in [6, 6.07) is 10.0. The smallest absolute Gasteiger partial charge is 0.178 e. The third kappa shape index (κ3) is 4.24. The molecule has 4 rings (SSSR count). The zero-order valence-corrected chi connectivity index (χ0v) is 17.2. The van der Waals surface area contributed by atoms with E-state index in [2.05, 4.69) is 21.2 Å². The van der Waals surface area contributed by atoms with Crippen LogP contribution in [0.25, 0.3) is 5.57 Å². The first kappa shape index (κ1) is 19.7.